The summed E-state index contributed by atoms with van der Waals surface area (Å²) >= 11 is 0. The van der Waals surface area contributed by atoms with Crippen LogP contribution in [0.1, 0.15) is 16.1 Å². The molecule has 0 fully saturated rings. The van der Waals surface area contributed by atoms with E-state index in [1.54, 1.807) is 19.2 Å². The Hall–Kier alpha value is -2.95. The molecule has 0 spiro atoms. The standard InChI is InChI=1S/C16H13N3O2/c1-10-6-7-13(15(20)18-10)16(21)19-12-8-11-4-2-3-5-14(11)17-9-12/h2-9H,1H3,(H,18,20)(H,19,21). The van der Waals surface area contributed by atoms with E-state index in [0.717, 1.165) is 10.9 Å². The van der Waals surface area contributed by atoms with Crippen LogP contribution in [0.4, 0.5) is 5.69 Å². The van der Waals surface area contributed by atoms with Crippen molar-refractivity contribution >= 4 is 22.5 Å². The maximum Gasteiger partial charge on any atom is 0.261 e. The second kappa shape index (κ2) is 5.20. The largest absolute Gasteiger partial charge is 0.326 e. The molecule has 0 aliphatic heterocycles. The number of benzene rings is 1. The molecular formula is C16H13N3O2. The number of aryl methyl sites for hydroxylation is 1. The lowest BCUT2D eigenvalue weighted by atomic mass is 10.2. The third-order valence-electron chi connectivity index (χ3n) is 3.15. The SMILES string of the molecule is Cc1ccc(C(=O)Nc2cnc3ccccc3c2)c(=O)[nH]1. The molecule has 0 aliphatic rings. The number of anilines is 1. The number of pyridine rings is 2. The normalized spacial score (nSPS) is 10.5. The molecule has 1 aromatic carbocycles. The third-order valence-corrected chi connectivity index (χ3v) is 3.15. The van der Waals surface area contributed by atoms with Crippen molar-refractivity contribution in [3.8, 4) is 0 Å². The van der Waals surface area contributed by atoms with Crippen LogP contribution in [-0.4, -0.2) is 15.9 Å². The minimum atomic E-state index is -0.451. The molecule has 0 bridgehead atoms. The van der Waals surface area contributed by atoms with Crippen LogP contribution in [-0.2, 0) is 0 Å². The van der Waals surface area contributed by atoms with Gasteiger partial charge in [-0.15, -0.1) is 0 Å². The van der Waals surface area contributed by atoms with Gasteiger partial charge in [0.1, 0.15) is 5.56 Å². The number of fused-ring (bicyclic) bond motifs is 1. The number of carbonyl (C=O) groups excluding carboxylic acids is 1. The van der Waals surface area contributed by atoms with Crippen LogP contribution in [0, 0.1) is 6.92 Å². The van der Waals surface area contributed by atoms with Gasteiger partial charge in [-0.2, -0.15) is 0 Å². The van der Waals surface area contributed by atoms with Crippen molar-refractivity contribution in [2.45, 2.75) is 6.92 Å². The molecule has 2 heterocycles. The second-order valence-electron chi connectivity index (χ2n) is 4.75. The summed E-state index contributed by atoms with van der Waals surface area (Å²) in [6.07, 6.45) is 1.57. The molecule has 0 unspecified atom stereocenters. The van der Waals surface area contributed by atoms with Crippen molar-refractivity contribution in [1.29, 1.82) is 0 Å². The number of aromatic nitrogens is 2. The molecule has 2 N–H and O–H groups in total. The average molecular weight is 279 g/mol. The fourth-order valence-electron chi connectivity index (χ4n) is 2.09. The number of hydrogen-bond acceptors (Lipinski definition) is 3. The Kier molecular flexibility index (Phi) is 3.23. The van der Waals surface area contributed by atoms with Gasteiger partial charge in [0, 0.05) is 11.1 Å². The van der Waals surface area contributed by atoms with Gasteiger partial charge in [-0.25, -0.2) is 0 Å². The van der Waals surface area contributed by atoms with E-state index in [2.05, 4.69) is 15.3 Å². The van der Waals surface area contributed by atoms with Gasteiger partial charge in [-0.05, 0) is 31.2 Å². The predicted octanol–water partition coefficient (Wildman–Crippen LogP) is 2.48. The van der Waals surface area contributed by atoms with E-state index in [-0.39, 0.29) is 5.56 Å². The van der Waals surface area contributed by atoms with Gasteiger partial charge in [0.25, 0.3) is 11.5 Å². The van der Waals surface area contributed by atoms with E-state index < -0.39 is 11.5 Å². The Balaban J connectivity index is 1.90. The first-order valence-corrected chi connectivity index (χ1v) is 6.49. The fourth-order valence-corrected chi connectivity index (χ4v) is 2.09. The number of carbonyl (C=O) groups is 1. The van der Waals surface area contributed by atoms with E-state index >= 15 is 0 Å². The molecule has 104 valence electrons. The molecule has 3 aromatic rings. The van der Waals surface area contributed by atoms with Crippen LogP contribution in [0.2, 0.25) is 0 Å². The minimum Gasteiger partial charge on any atom is -0.326 e. The second-order valence-corrected chi connectivity index (χ2v) is 4.75. The quantitative estimate of drug-likeness (QED) is 0.756. The monoisotopic (exact) mass is 279 g/mol. The van der Waals surface area contributed by atoms with E-state index in [9.17, 15) is 9.59 Å². The number of nitrogens with one attached hydrogen (secondary N) is 2. The summed E-state index contributed by atoms with van der Waals surface area (Å²) in [4.78, 5) is 30.7. The minimum absolute atomic E-state index is 0.0776. The maximum atomic E-state index is 12.1. The van der Waals surface area contributed by atoms with E-state index in [1.165, 1.54) is 6.07 Å². The zero-order valence-corrected chi connectivity index (χ0v) is 11.4. The van der Waals surface area contributed by atoms with Crippen LogP contribution in [0.25, 0.3) is 10.9 Å². The molecule has 3 rings (SSSR count). The van der Waals surface area contributed by atoms with Gasteiger partial charge in [-0.3, -0.25) is 14.6 Å². The first-order valence-electron chi connectivity index (χ1n) is 6.49. The molecule has 21 heavy (non-hydrogen) atoms. The Morgan fingerprint density at radius 3 is 2.81 bits per heavy atom. The first-order chi connectivity index (χ1) is 10.1. The summed E-state index contributed by atoms with van der Waals surface area (Å²) in [7, 11) is 0. The molecule has 5 heteroatoms. The highest BCUT2D eigenvalue weighted by atomic mass is 16.2. The first kappa shape index (κ1) is 13.1. The van der Waals surface area contributed by atoms with Gasteiger partial charge in [0.2, 0.25) is 0 Å². The predicted molar refractivity (Wildman–Crippen MR) is 81.5 cm³/mol. The summed E-state index contributed by atoms with van der Waals surface area (Å²) in [5.41, 5.74) is 1.79. The number of amides is 1. The van der Waals surface area contributed by atoms with E-state index in [0.29, 0.717) is 11.4 Å². The van der Waals surface area contributed by atoms with Gasteiger partial charge in [-0.1, -0.05) is 18.2 Å². The number of H-pyrrole nitrogens is 1. The van der Waals surface area contributed by atoms with E-state index in [4.69, 9.17) is 0 Å². The number of aromatic amines is 1. The molecule has 5 nitrogen and oxygen atoms in total. The summed E-state index contributed by atoms with van der Waals surface area (Å²) in [5, 5.41) is 3.61. The molecule has 0 aliphatic carbocycles. The molecule has 0 saturated carbocycles. The highest BCUT2D eigenvalue weighted by Crippen LogP contribution is 2.16. The Labute approximate surface area is 120 Å². The highest BCUT2D eigenvalue weighted by molar-refractivity contribution is 6.04. The molecule has 0 atom stereocenters. The van der Waals surface area contributed by atoms with Crippen molar-refractivity contribution in [3.05, 3.63) is 70.3 Å². The van der Waals surface area contributed by atoms with Gasteiger partial charge in [0.05, 0.1) is 17.4 Å². The lowest BCUT2D eigenvalue weighted by Crippen LogP contribution is -2.23. The molecule has 0 saturated heterocycles. The third kappa shape index (κ3) is 2.67. The Bertz CT molecular complexity index is 884. The zero-order chi connectivity index (χ0) is 14.8. The lowest BCUT2D eigenvalue weighted by Gasteiger charge is -2.06. The summed E-state index contributed by atoms with van der Waals surface area (Å²) < 4.78 is 0. The summed E-state index contributed by atoms with van der Waals surface area (Å²) in [5.74, 6) is -0.451. The highest BCUT2D eigenvalue weighted by Gasteiger charge is 2.11. The Morgan fingerprint density at radius 2 is 2.00 bits per heavy atom. The molecule has 2 aromatic heterocycles. The molecule has 0 radical (unpaired) electrons. The van der Waals surface area contributed by atoms with Gasteiger partial charge < -0.3 is 10.3 Å². The molecule has 1 amide bonds. The lowest BCUT2D eigenvalue weighted by molar-refractivity contribution is 0.102. The smallest absolute Gasteiger partial charge is 0.261 e. The van der Waals surface area contributed by atoms with Crippen molar-refractivity contribution in [1.82, 2.24) is 9.97 Å². The number of para-hydroxylation sites is 1. The number of rotatable bonds is 2. The summed E-state index contributed by atoms with van der Waals surface area (Å²) in [6.45, 7) is 1.76. The maximum absolute atomic E-state index is 12.1. The number of nitrogens with zero attached hydrogens (tertiary/aromatic N) is 1. The zero-order valence-electron chi connectivity index (χ0n) is 11.4. The topological polar surface area (TPSA) is 74.8 Å². The van der Waals surface area contributed by atoms with Crippen LogP contribution in [0.5, 0.6) is 0 Å². The van der Waals surface area contributed by atoms with Crippen LogP contribution in [0.15, 0.2) is 53.5 Å². The molecular weight excluding hydrogens is 266 g/mol. The van der Waals surface area contributed by atoms with Crippen molar-refractivity contribution in [3.63, 3.8) is 0 Å². The average Bonchev–Trinajstić information content (AvgIpc) is 2.47. The van der Waals surface area contributed by atoms with Gasteiger partial charge >= 0.3 is 0 Å². The fraction of sp³-hybridized carbons (Fsp3) is 0.0625. The van der Waals surface area contributed by atoms with Crippen LogP contribution < -0.4 is 10.9 Å². The van der Waals surface area contributed by atoms with Gasteiger partial charge in [0.15, 0.2) is 0 Å². The number of hydrogen-bond donors (Lipinski definition) is 2. The summed E-state index contributed by atoms with van der Waals surface area (Å²) in [6, 6.07) is 12.6. The van der Waals surface area contributed by atoms with Crippen molar-refractivity contribution in [2.75, 3.05) is 5.32 Å². The van der Waals surface area contributed by atoms with E-state index in [1.807, 2.05) is 30.3 Å². The Morgan fingerprint density at radius 1 is 1.19 bits per heavy atom. The van der Waals surface area contributed by atoms with Crippen molar-refractivity contribution < 1.29 is 4.79 Å². The van der Waals surface area contributed by atoms with Crippen molar-refractivity contribution in [2.24, 2.45) is 0 Å². The van der Waals surface area contributed by atoms with Crippen LogP contribution in [0.3, 0.4) is 0 Å². The van der Waals surface area contributed by atoms with Crippen LogP contribution >= 0.6 is 0 Å².